The summed E-state index contributed by atoms with van der Waals surface area (Å²) in [5.74, 6) is 0.869. The van der Waals surface area contributed by atoms with Crippen LogP contribution in [0.25, 0.3) is 0 Å². The summed E-state index contributed by atoms with van der Waals surface area (Å²) in [6, 6.07) is 9.69. The summed E-state index contributed by atoms with van der Waals surface area (Å²) in [5.41, 5.74) is 0. The molecular weight excluding hydrogens is 232 g/mol. The second-order valence-electron chi connectivity index (χ2n) is 2.87. The van der Waals surface area contributed by atoms with Crippen LogP contribution in [0, 0.1) is 0 Å². The summed E-state index contributed by atoms with van der Waals surface area (Å²) >= 11 is 6.92. The van der Waals surface area contributed by atoms with Crippen molar-refractivity contribution in [2.24, 2.45) is 0 Å². The van der Waals surface area contributed by atoms with E-state index in [0.29, 0.717) is 11.9 Å². The van der Waals surface area contributed by atoms with Crippen LogP contribution in [0.5, 0.6) is 5.75 Å². The van der Waals surface area contributed by atoms with Gasteiger partial charge in [-0.2, -0.15) is 4.37 Å². The van der Waals surface area contributed by atoms with E-state index in [-0.39, 0.29) is 0 Å². The minimum absolute atomic E-state index is 0.315. The highest BCUT2D eigenvalue weighted by molar-refractivity contribution is 7.05. The Morgan fingerprint density at radius 2 is 2.07 bits per heavy atom. The molecule has 1 aromatic carbocycles. The minimum Gasteiger partial charge on any atom is -0.493 e. The van der Waals surface area contributed by atoms with E-state index in [0.717, 1.165) is 17.2 Å². The van der Waals surface area contributed by atoms with Gasteiger partial charge in [-0.3, -0.25) is 0 Å². The highest BCUT2D eigenvalue weighted by atomic mass is 35.5. The number of hydrogen-bond acceptors (Lipinski definition) is 4. The Hall–Kier alpha value is -1.13. The molecule has 0 radical (unpaired) electrons. The molecule has 0 N–H and O–H groups in total. The molecule has 0 aliphatic rings. The highest BCUT2D eigenvalue weighted by Gasteiger charge is 2.01. The smallest absolute Gasteiger partial charge is 0.234 e. The van der Waals surface area contributed by atoms with Crippen LogP contribution in [-0.4, -0.2) is 16.0 Å². The lowest BCUT2D eigenvalue weighted by Gasteiger charge is -2.03. The van der Waals surface area contributed by atoms with E-state index in [1.165, 1.54) is 11.5 Å². The third kappa shape index (κ3) is 3.18. The molecule has 5 heteroatoms. The molecule has 0 unspecified atom stereocenters. The lowest BCUT2D eigenvalue weighted by Crippen LogP contribution is -2.00. The van der Waals surface area contributed by atoms with Crippen molar-refractivity contribution in [3.63, 3.8) is 0 Å². The number of aromatic nitrogens is 2. The summed E-state index contributed by atoms with van der Waals surface area (Å²) in [5, 5.41) is 1.21. The van der Waals surface area contributed by atoms with E-state index in [1.54, 1.807) is 0 Å². The fraction of sp³-hybridized carbons (Fsp3) is 0.200. The lowest BCUT2D eigenvalue weighted by atomic mass is 10.3. The Balaban J connectivity index is 1.80. The number of rotatable bonds is 4. The maximum atomic E-state index is 5.60. The van der Waals surface area contributed by atoms with Gasteiger partial charge in [0.1, 0.15) is 10.8 Å². The summed E-state index contributed by atoms with van der Waals surface area (Å²) in [6.45, 7) is 0.593. The summed E-state index contributed by atoms with van der Waals surface area (Å²) in [6.07, 6.45) is 0.735. The van der Waals surface area contributed by atoms with Gasteiger partial charge in [0.05, 0.1) is 6.61 Å². The van der Waals surface area contributed by atoms with Crippen molar-refractivity contribution >= 4 is 23.1 Å². The Morgan fingerprint density at radius 1 is 1.27 bits per heavy atom. The third-order valence-corrected chi connectivity index (χ3v) is 2.81. The van der Waals surface area contributed by atoms with Gasteiger partial charge in [-0.05, 0) is 35.3 Å². The topological polar surface area (TPSA) is 35.0 Å². The summed E-state index contributed by atoms with van der Waals surface area (Å²) in [7, 11) is 0. The van der Waals surface area contributed by atoms with Gasteiger partial charge in [0.2, 0.25) is 5.28 Å². The fourth-order valence-electron chi connectivity index (χ4n) is 1.11. The SMILES string of the molecule is Clc1nsc(CCOc2ccccc2)n1. The van der Waals surface area contributed by atoms with Gasteiger partial charge in [-0.15, -0.1) is 0 Å². The summed E-state index contributed by atoms with van der Waals surface area (Å²) in [4.78, 5) is 4.03. The van der Waals surface area contributed by atoms with E-state index in [2.05, 4.69) is 9.36 Å². The molecule has 3 nitrogen and oxygen atoms in total. The molecule has 0 aliphatic heterocycles. The van der Waals surface area contributed by atoms with Crippen LogP contribution < -0.4 is 4.74 Å². The van der Waals surface area contributed by atoms with Gasteiger partial charge >= 0.3 is 0 Å². The van der Waals surface area contributed by atoms with Gasteiger partial charge in [-0.1, -0.05) is 18.2 Å². The first-order valence-electron chi connectivity index (χ1n) is 4.50. The third-order valence-electron chi connectivity index (χ3n) is 1.77. The lowest BCUT2D eigenvalue weighted by molar-refractivity contribution is 0.322. The van der Waals surface area contributed by atoms with Gasteiger partial charge in [0.25, 0.3) is 0 Å². The van der Waals surface area contributed by atoms with Gasteiger partial charge in [0, 0.05) is 6.42 Å². The molecule has 78 valence electrons. The van der Waals surface area contributed by atoms with Crippen molar-refractivity contribution in [3.05, 3.63) is 40.6 Å². The van der Waals surface area contributed by atoms with Crippen LogP contribution >= 0.6 is 23.1 Å². The van der Waals surface area contributed by atoms with Gasteiger partial charge in [-0.25, -0.2) is 4.98 Å². The first-order valence-corrected chi connectivity index (χ1v) is 5.65. The minimum atomic E-state index is 0.315. The fourth-order valence-corrected chi connectivity index (χ4v) is 1.89. The number of para-hydroxylation sites is 1. The molecule has 0 atom stereocenters. The second-order valence-corrected chi connectivity index (χ2v) is 4.04. The van der Waals surface area contributed by atoms with Crippen LogP contribution in [0.3, 0.4) is 0 Å². The monoisotopic (exact) mass is 240 g/mol. The Kier molecular flexibility index (Phi) is 3.53. The molecule has 0 saturated heterocycles. The maximum absolute atomic E-state index is 5.60. The number of hydrogen-bond donors (Lipinski definition) is 0. The van der Waals surface area contributed by atoms with E-state index < -0.39 is 0 Å². The predicted molar refractivity (Wildman–Crippen MR) is 60.6 cm³/mol. The Bertz CT molecular complexity index is 418. The number of nitrogens with zero attached hydrogens (tertiary/aromatic N) is 2. The predicted octanol–water partition coefficient (Wildman–Crippen LogP) is 2.81. The van der Waals surface area contributed by atoms with Crippen LogP contribution in [0.1, 0.15) is 5.01 Å². The quantitative estimate of drug-likeness (QED) is 0.824. The molecule has 0 amide bonds. The average Bonchev–Trinajstić information content (AvgIpc) is 2.66. The van der Waals surface area contributed by atoms with E-state index in [9.17, 15) is 0 Å². The second kappa shape index (κ2) is 5.09. The maximum Gasteiger partial charge on any atom is 0.234 e. The molecule has 2 aromatic rings. The van der Waals surface area contributed by atoms with Crippen molar-refractivity contribution in [2.45, 2.75) is 6.42 Å². The van der Waals surface area contributed by atoms with Crippen LogP contribution in [0.15, 0.2) is 30.3 Å². The van der Waals surface area contributed by atoms with E-state index >= 15 is 0 Å². The van der Waals surface area contributed by atoms with E-state index in [4.69, 9.17) is 16.3 Å². The first kappa shape index (κ1) is 10.4. The highest BCUT2D eigenvalue weighted by Crippen LogP contribution is 2.12. The first-order chi connectivity index (χ1) is 7.34. The van der Waals surface area contributed by atoms with Crippen molar-refractivity contribution < 1.29 is 4.74 Å². The van der Waals surface area contributed by atoms with Crippen molar-refractivity contribution in [1.29, 1.82) is 0 Å². The summed E-state index contributed by atoms with van der Waals surface area (Å²) < 4.78 is 9.40. The number of halogens is 1. The zero-order chi connectivity index (χ0) is 10.5. The molecule has 0 aliphatic carbocycles. The largest absolute Gasteiger partial charge is 0.493 e. The van der Waals surface area contributed by atoms with Gasteiger partial charge in [0.15, 0.2) is 0 Å². The van der Waals surface area contributed by atoms with E-state index in [1.807, 2.05) is 30.3 Å². The molecule has 0 bridgehead atoms. The molecule has 0 spiro atoms. The standard InChI is InChI=1S/C10H9ClN2OS/c11-10-12-9(15-13-10)6-7-14-8-4-2-1-3-5-8/h1-5H,6-7H2. The molecule has 0 fully saturated rings. The van der Waals surface area contributed by atoms with Crippen molar-refractivity contribution in [2.75, 3.05) is 6.61 Å². The van der Waals surface area contributed by atoms with Crippen LogP contribution in [0.4, 0.5) is 0 Å². The normalized spacial score (nSPS) is 10.2. The van der Waals surface area contributed by atoms with Crippen LogP contribution in [0.2, 0.25) is 5.28 Å². The zero-order valence-corrected chi connectivity index (χ0v) is 9.46. The van der Waals surface area contributed by atoms with Gasteiger partial charge < -0.3 is 4.74 Å². The molecule has 15 heavy (non-hydrogen) atoms. The van der Waals surface area contributed by atoms with Crippen molar-refractivity contribution in [1.82, 2.24) is 9.36 Å². The molecule has 1 heterocycles. The molecule has 2 rings (SSSR count). The van der Waals surface area contributed by atoms with Crippen LogP contribution in [-0.2, 0) is 6.42 Å². The molecule has 1 aromatic heterocycles. The Morgan fingerprint density at radius 3 is 2.73 bits per heavy atom. The Labute approximate surface area is 96.9 Å². The molecular formula is C10H9ClN2OS. The number of benzene rings is 1. The molecule has 0 saturated carbocycles. The van der Waals surface area contributed by atoms with Crippen molar-refractivity contribution in [3.8, 4) is 5.75 Å². The number of ether oxygens (including phenoxy) is 1. The zero-order valence-electron chi connectivity index (χ0n) is 7.89. The average molecular weight is 241 g/mol.